The lowest BCUT2D eigenvalue weighted by Gasteiger charge is -2.05. The van der Waals surface area contributed by atoms with Gasteiger partial charge in [0.15, 0.2) is 0 Å². The molecule has 4 rings (SSSR count). The highest BCUT2D eigenvalue weighted by Crippen LogP contribution is 2.27. The number of nitrogens with one attached hydrogen (secondary N) is 1. The third kappa shape index (κ3) is 3.04. The number of aromatic amines is 1. The highest BCUT2D eigenvalue weighted by Gasteiger charge is 2.14. The number of thiophene rings is 1. The van der Waals surface area contributed by atoms with Gasteiger partial charge in [-0.15, -0.1) is 16.4 Å². The van der Waals surface area contributed by atoms with Gasteiger partial charge in [-0.25, -0.2) is 4.98 Å². The summed E-state index contributed by atoms with van der Waals surface area (Å²) in [4.78, 5) is 21.7. The van der Waals surface area contributed by atoms with Gasteiger partial charge in [-0.3, -0.25) is 4.79 Å². The molecule has 4 aromatic rings. The van der Waals surface area contributed by atoms with Gasteiger partial charge in [0.25, 0.3) is 5.56 Å². The SMILES string of the molecule is Cc1cccc(-n2nnnc2SCc2nc3sc(C)c(C)c3c(=O)[nH]2)c1. The van der Waals surface area contributed by atoms with Crippen LogP contribution in [-0.4, -0.2) is 30.2 Å². The van der Waals surface area contributed by atoms with Crippen LogP contribution in [0.25, 0.3) is 15.9 Å². The van der Waals surface area contributed by atoms with Crippen molar-refractivity contribution >= 4 is 33.3 Å². The number of thioether (sulfide) groups is 1. The summed E-state index contributed by atoms with van der Waals surface area (Å²) < 4.78 is 1.69. The third-order valence-corrected chi connectivity index (χ3v) is 6.14. The van der Waals surface area contributed by atoms with Gasteiger partial charge >= 0.3 is 0 Å². The van der Waals surface area contributed by atoms with Crippen LogP contribution in [0.3, 0.4) is 0 Å². The van der Waals surface area contributed by atoms with Crippen molar-refractivity contribution in [3.8, 4) is 5.69 Å². The maximum atomic E-state index is 12.4. The number of hydrogen-bond acceptors (Lipinski definition) is 7. The molecule has 3 aromatic heterocycles. The predicted octanol–water partition coefficient (Wildman–Crippen LogP) is 3.18. The highest BCUT2D eigenvalue weighted by molar-refractivity contribution is 7.98. The normalized spacial score (nSPS) is 11.3. The number of H-pyrrole nitrogens is 1. The van der Waals surface area contributed by atoms with E-state index in [1.165, 1.54) is 11.8 Å². The Balaban J connectivity index is 1.62. The van der Waals surface area contributed by atoms with Crippen LogP contribution in [0.5, 0.6) is 0 Å². The fourth-order valence-corrected chi connectivity index (χ4v) is 4.50. The number of fused-ring (bicyclic) bond motifs is 1. The molecule has 0 aliphatic rings. The van der Waals surface area contributed by atoms with Crippen molar-refractivity contribution in [3.63, 3.8) is 0 Å². The fraction of sp³-hybridized carbons (Fsp3) is 0.235. The fourth-order valence-electron chi connectivity index (χ4n) is 2.69. The van der Waals surface area contributed by atoms with Gasteiger partial charge in [0.05, 0.1) is 16.8 Å². The van der Waals surface area contributed by atoms with E-state index in [-0.39, 0.29) is 5.56 Å². The largest absolute Gasteiger partial charge is 0.309 e. The van der Waals surface area contributed by atoms with Crippen molar-refractivity contribution in [1.82, 2.24) is 30.2 Å². The molecule has 9 heteroatoms. The summed E-state index contributed by atoms with van der Waals surface area (Å²) >= 11 is 2.98. The molecule has 7 nitrogen and oxygen atoms in total. The van der Waals surface area contributed by atoms with E-state index in [0.717, 1.165) is 26.5 Å². The number of aryl methyl sites for hydroxylation is 3. The summed E-state index contributed by atoms with van der Waals surface area (Å²) in [5.41, 5.74) is 2.94. The summed E-state index contributed by atoms with van der Waals surface area (Å²) in [7, 11) is 0. The molecular formula is C17H16N6OS2. The van der Waals surface area contributed by atoms with Crippen molar-refractivity contribution in [2.45, 2.75) is 31.7 Å². The Morgan fingerprint density at radius 1 is 1.27 bits per heavy atom. The molecule has 1 N–H and O–H groups in total. The molecule has 0 saturated carbocycles. The zero-order chi connectivity index (χ0) is 18.3. The van der Waals surface area contributed by atoms with Gasteiger partial charge in [-0.05, 0) is 54.5 Å². The second-order valence-corrected chi connectivity index (χ2v) is 8.12. The molecule has 0 aliphatic carbocycles. The Morgan fingerprint density at radius 3 is 2.92 bits per heavy atom. The van der Waals surface area contributed by atoms with Gasteiger partial charge < -0.3 is 4.98 Å². The number of nitrogens with zero attached hydrogens (tertiary/aromatic N) is 5. The van der Waals surface area contributed by atoms with E-state index >= 15 is 0 Å². The van der Waals surface area contributed by atoms with E-state index in [2.05, 4.69) is 25.5 Å². The number of hydrogen-bond donors (Lipinski definition) is 1. The number of tetrazole rings is 1. The molecule has 0 unspecified atom stereocenters. The average Bonchev–Trinajstić information content (AvgIpc) is 3.18. The molecule has 0 bridgehead atoms. The topological polar surface area (TPSA) is 89.3 Å². The van der Waals surface area contributed by atoms with Crippen molar-refractivity contribution < 1.29 is 0 Å². The van der Waals surface area contributed by atoms with Crippen molar-refractivity contribution in [2.75, 3.05) is 0 Å². The first-order chi connectivity index (χ1) is 12.5. The van der Waals surface area contributed by atoms with E-state index in [0.29, 0.717) is 22.1 Å². The molecule has 0 atom stereocenters. The van der Waals surface area contributed by atoms with E-state index in [1.54, 1.807) is 16.0 Å². The second-order valence-electron chi connectivity index (χ2n) is 5.98. The van der Waals surface area contributed by atoms with Gasteiger partial charge in [0.1, 0.15) is 10.7 Å². The van der Waals surface area contributed by atoms with E-state index in [1.807, 2.05) is 45.0 Å². The summed E-state index contributed by atoms with van der Waals surface area (Å²) in [5.74, 6) is 1.10. The Morgan fingerprint density at radius 2 is 2.12 bits per heavy atom. The average molecular weight is 384 g/mol. The van der Waals surface area contributed by atoms with Crippen LogP contribution < -0.4 is 5.56 Å². The van der Waals surface area contributed by atoms with Gasteiger partial charge in [0.2, 0.25) is 5.16 Å². The molecule has 132 valence electrons. The monoisotopic (exact) mass is 384 g/mol. The van der Waals surface area contributed by atoms with Crippen LogP contribution in [0.4, 0.5) is 0 Å². The quantitative estimate of drug-likeness (QED) is 0.544. The molecule has 0 aliphatic heterocycles. The smallest absolute Gasteiger partial charge is 0.259 e. The minimum atomic E-state index is -0.0919. The number of rotatable bonds is 4. The first-order valence-corrected chi connectivity index (χ1v) is 9.80. The summed E-state index contributed by atoms with van der Waals surface area (Å²) in [6, 6.07) is 7.96. The van der Waals surface area contributed by atoms with E-state index in [9.17, 15) is 4.79 Å². The van der Waals surface area contributed by atoms with E-state index in [4.69, 9.17) is 0 Å². The molecule has 1 aromatic carbocycles. The van der Waals surface area contributed by atoms with Crippen LogP contribution in [0.1, 0.15) is 21.8 Å². The number of benzene rings is 1. The minimum Gasteiger partial charge on any atom is -0.309 e. The van der Waals surface area contributed by atoms with Crippen molar-refractivity contribution in [3.05, 3.63) is 56.4 Å². The molecule has 26 heavy (non-hydrogen) atoms. The van der Waals surface area contributed by atoms with Crippen LogP contribution >= 0.6 is 23.1 Å². The Hall–Kier alpha value is -2.52. The minimum absolute atomic E-state index is 0.0919. The highest BCUT2D eigenvalue weighted by atomic mass is 32.2. The van der Waals surface area contributed by atoms with E-state index < -0.39 is 0 Å². The van der Waals surface area contributed by atoms with Crippen LogP contribution in [0, 0.1) is 20.8 Å². The van der Waals surface area contributed by atoms with Crippen LogP contribution in [0.15, 0.2) is 34.2 Å². The van der Waals surface area contributed by atoms with Gasteiger partial charge in [-0.1, -0.05) is 23.9 Å². The Bertz CT molecular complexity index is 1160. The van der Waals surface area contributed by atoms with Gasteiger partial charge in [0, 0.05) is 4.88 Å². The summed E-state index contributed by atoms with van der Waals surface area (Å²) in [6.07, 6.45) is 0. The number of aromatic nitrogens is 6. The lowest BCUT2D eigenvalue weighted by molar-refractivity contribution is 0.755. The summed E-state index contributed by atoms with van der Waals surface area (Å²) in [5, 5.41) is 13.3. The molecule has 0 spiro atoms. The summed E-state index contributed by atoms with van der Waals surface area (Å²) in [6.45, 7) is 5.98. The Kier molecular flexibility index (Phi) is 4.33. The predicted molar refractivity (Wildman–Crippen MR) is 103 cm³/mol. The van der Waals surface area contributed by atoms with Gasteiger partial charge in [-0.2, -0.15) is 4.68 Å². The molecule has 0 saturated heterocycles. The molecular weight excluding hydrogens is 368 g/mol. The van der Waals surface area contributed by atoms with Crippen molar-refractivity contribution in [1.29, 1.82) is 0 Å². The third-order valence-electron chi connectivity index (χ3n) is 4.11. The molecule has 3 heterocycles. The first-order valence-electron chi connectivity index (χ1n) is 8.00. The lowest BCUT2D eigenvalue weighted by atomic mass is 10.2. The lowest BCUT2D eigenvalue weighted by Crippen LogP contribution is -2.11. The first kappa shape index (κ1) is 16.9. The molecule has 0 amide bonds. The maximum Gasteiger partial charge on any atom is 0.259 e. The maximum absolute atomic E-state index is 12.4. The van der Waals surface area contributed by atoms with Crippen LogP contribution in [-0.2, 0) is 5.75 Å². The Labute approximate surface area is 157 Å². The van der Waals surface area contributed by atoms with Crippen LogP contribution in [0.2, 0.25) is 0 Å². The molecule has 0 fully saturated rings. The zero-order valence-corrected chi connectivity index (χ0v) is 16.1. The molecule has 0 radical (unpaired) electrons. The second kappa shape index (κ2) is 6.65. The van der Waals surface area contributed by atoms with Crippen molar-refractivity contribution in [2.24, 2.45) is 0 Å². The zero-order valence-electron chi connectivity index (χ0n) is 14.5. The standard InChI is InChI=1S/C17H16N6OS2/c1-9-5-4-6-12(7-9)23-17(20-21-22-23)25-8-13-18-15(24)14-10(2)11(3)26-16(14)19-13/h4-7H,8H2,1-3H3,(H,18,19,24).